The number of pyridine rings is 1. The van der Waals surface area contributed by atoms with Gasteiger partial charge in [-0.25, -0.2) is 18.1 Å². The van der Waals surface area contributed by atoms with E-state index in [4.69, 9.17) is 16.7 Å². The van der Waals surface area contributed by atoms with Crippen molar-refractivity contribution in [3.63, 3.8) is 0 Å². The van der Waals surface area contributed by atoms with Gasteiger partial charge in [-0.1, -0.05) is 23.7 Å². The SMILES string of the molecule is O=S(=O)(NCCc1ccc(O)cc1)c1ccc(Cl)nc1. The Morgan fingerprint density at radius 1 is 1.15 bits per heavy atom. The number of hydrogen-bond acceptors (Lipinski definition) is 4. The molecule has 2 N–H and O–H groups in total. The summed E-state index contributed by atoms with van der Waals surface area (Å²) in [6, 6.07) is 9.44. The highest BCUT2D eigenvalue weighted by molar-refractivity contribution is 7.89. The summed E-state index contributed by atoms with van der Waals surface area (Å²) < 4.78 is 26.4. The summed E-state index contributed by atoms with van der Waals surface area (Å²) in [4.78, 5) is 3.82. The zero-order valence-corrected chi connectivity index (χ0v) is 12.0. The molecule has 0 saturated carbocycles. The molecular formula is C13H13ClN2O3S. The second-order valence-corrected chi connectivity index (χ2v) is 6.29. The van der Waals surface area contributed by atoms with Gasteiger partial charge in [0.15, 0.2) is 0 Å². The van der Waals surface area contributed by atoms with Gasteiger partial charge >= 0.3 is 0 Å². The summed E-state index contributed by atoms with van der Waals surface area (Å²) in [5, 5.41) is 9.40. The van der Waals surface area contributed by atoms with Gasteiger partial charge in [0.2, 0.25) is 10.0 Å². The average molecular weight is 313 g/mol. The van der Waals surface area contributed by atoms with Crippen LogP contribution in [0, 0.1) is 0 Å². The Labute approximate surface area is 122 Å². The number of sulfonamides is 1. The summed E-state index contributed by atoms with van der Waals surface area (Å²) in [6.45, 7) is 0.260. The van der Waals surface area contributed by atoms with E-state index in [-0.39, 0.29) is 22.3 Å². The van der Waals surface area contributed by atoms with Gasteiger partial charge in [0.25, 0.3) is 0 Å². The molecule has 0 bridgehead atoms. The number of rotatable bonds is 5. The molecule has 106 valence electrons. The van der Waals surface area contributed by atoms with Crippen molar-refractivity contribution in [2.24, 2.45) is 0 Å². The fourth-order valence-corrected chi connectivity index (χ4v) is 2.68. The summed E-state index contributed by atoms with van der Waals surface area (Å²) in [5.41, 5.74) is 0.930. The van der Waals surface area contributed by atoms with Gasteiger partial charge in [-0.2, -0.15) is 0 Å². The molecule has 2 rings (SSSR count). The van der Waals surface area contributed by atoms with Crippen LogP contribution in [-0.2, 0) is 16.4 Å². The van der Waals surface area contributed by atoms with E-state index in [0.29, 0.717) is 6.42 Å². The van der Waals surface area contributed by atoms with Crippen molar-refractivity contribution in [3.05, 3.63) is 53.3 Å². The molecule has 1 heterocycles. The Bertz CT molecular complexity index is 670. The Balaban J connectivity index is 1.96. The molecule has 5 nitrogen and oxygen atoms in total. The molecule has 1 aromatic heterocycles. The van der Waals surface area contributed by atoms with Crippen LogP contribution >= 0.6 is 11.6 Å². The Kier molecular flexibility index (Phi) is 4.59. The van der Waals surface area contributed by atoms with Crippen LogP contribution in [0.4, 0.5) is 0 Å². The minimum atomic E-state index is -3.58. The van der Waals surface area contributed by atoms with Gasteiger partial charge in [-0.15, -0.1) is 0 Å². The van der Waals surface area contributed by atoms with E-state index in [1.54, 1.807) is 24.3 Å². The topological polar surface area (TPSA) is 79.3 Å². The van der Waals surface area contributed by atoms with Crippen molar-refractivity contribution in [2.75, 3.05) is 6.54 Å². The first-order valence-electron chi connectivity index (χ1n) is 5.86. The monoisotopic (exact) mass is 312 g/mol. The maximum Gasteiger partial charge on any atom is 0.242 e. The summed E-state index contributed by atoms with van der Waals surface area (Å²) in [6.07, 6.45) is 1.74. The van der Waals surface area contributed by atoms with Crippen LogP contribution in [0.5, 0.6) is 5.75 Å². The lowest BCUT2D eigenvalue weighted by atomic mass is 10.1. The number of phenolic OH excluding ortho intramolecular Hbond substituents is 1. The molecule has 0 spiro atoms. The third-order valence-corrected chi connectivity index (χ3v) is 4.32. The van der Waals surface area contributed by atoms with Crippen LogP contribution < -0.4 is 4.72 Å². The Morgan fingerprint density at radius 2 is 1.85 bits per heavy atom. The third-order valence-electron chi connectivity index (χ3n) is 2.65. The molecule has 0 unspecified atom stereocenters. The van der Waals surface area contributed by atoms with Gasteiger partial charge in [0.05, 0.1) is 0 Å². The van der Waals surface area contributed by atoms with Gasteiger partial charge < -0.3 is 5.11 Å². The quantitative estimate of drug-likeness (QED) is 0.827. The lowest BCUT2D eigenvalue weighted by molar-refractivity contribution is 0.475. The number of benzene rings is 1. The molecule has 0 amide bonds. The molecule has 7 heteroatoms. The molecule has 0 aliphatic carbocycles. The lowest BCUT2D eigenvalue weighted by Crippen LogP contribution is -2.26. The van der Waals surface area contributed by atoms with Gasteiger partial charge in [-0.05, 0) is 36.2 Å². The van der Waals surface area contributed by atoms with Gasteiger partial charge in [0, 0.05) is 12.7 Å². The highest BCUT2D eigenvalue weighted by Crippen LogP contribution is 2.12. The summed E-state index contributed by atoms with van der Waals surface area (Å²) in [7, 11) is -3.58. The first-order chi connectivity index (χ1) is 9.47. The highest BCUT2D eigenvalue weighted by atomic mass is 35.5. The first kappa shape index (κ1) is 14.8. The van der Waals surface area contributed by atoms with Crippen LogP contribution in [0.1, 0.15) is 5.56 Å². The van der Waals surface area contributed by atoms with E-state index >= 15 is 0 Å². The highest BCUT2D eigenvalue weighted by Gasteiger charge is 2.13. The van der Waals surface area contributed by atoms with Crippen molar-refractivity contribution < 1.29 is 13.5 Å². The van der Waals surface area contributed by atoms with Crippen molar-refractivity contribution >= 4 is 21.6 Å². The second-order valence-electron chi connectivity index (χ2n) is 4.13. The second kappa shape index (κ2) is 6.21. The fraction of sp³-hybridized carbons (Fsp3) is 0.154. The molecule has 1 aromatic carbocycles. The molecule has 20 heavy (non-hydrogen) atoms. The summed E-state index contributed by atoms with van der Waals surface area (Å²) in [5.74, 6) is 0.182. The first-order valence-corrected chi connectivity index (χ1v) is 7.72. The minimum Gasteiger partial charge on any atom is -0.508 e. The van der Waals surface area contributed by atoms with E-state index in [1.807, 2.05) is 0 Å². The van der Waals surface area contributed by atoms with Crippen molar-refractivity contribution in [3.8, 4) is 5.75 Å². The normalized spacial score (nSPS) is 11.4. The molecule has 0 aliphatic heterocycles. The Morgan fingerprint density at radius 3 is 2.45 bits per heavy atom. The number of hydrogen-bond donors (Lipinski definition) is 2. The molecule has 0 aliphatic rings. The van der Waals surface area contributed by atoms with Crippen LogP contribution in [0.3, 0.4) is 0 Å². The molecule has 0 atom stereocenters. The average Bonchev–Trinajstić information content (AvgIpc) is 2.41. The molecular weight excluding hydrogens is 300 g/mol. The zero-order valence-electron chi connectivity index (χ0n) is 10.5. The predicted molar refractivity (Wildman–Crippen MR) is 76.2 cm³/mol. The third kappa shape index (κ3) is 3.93. The van der Waals surface area contributed by atoms with Crippen LogP contribution in [0.25, 0.3) is 0 Å². The van der Waals surface area contributed by atoms with Crippen LogP contribution in [0.2, 0.25) is 5.15 Å². The molecule has 2 aromatic rings. The largest absolute Gasteiger partial charge is 0.508 e. The predicted octanol–water partition coefficient (Wildman–Crippen LogP) is 1.96. The van der Waals surface area contributed by atoms with Crippen molar-refractivity contribution in [2.45, 2.75) is 11.3 Å². The number of aromatic nitrogens is 1. The van der Waals surface area contributed by atoms with E-state index in [2.05, 4.69) is 9.71 Å². The van der Waals surface area contributed by atoms with E-state index in [0.717, 1.165) is 5.56 Å². The van der Waals surface area contributed by atoms with Crippen LogP contribution in [0.15, 0.2) is 47.5 Å². The standard InChI is InChI=1S/C13H13ClN2O3S/c14-13-6-5-12(9-15-13)20(18,19)16-8-7-10-1-3-11(17)4-2-10/h1-6,9,16-17H,7-8H2. The van der Waals surface area contributed by atoms with Gasteiger partial charge in [0.1, 0.15) is 15.8 Å². The number of nitrogens with one attached hydrogen (secondary N) is 1. The molecule has 0 radical (unpaired) electrons. The van der Waals surface area contributed by atoms with E-state index in [1.165, 1.54) is 18.3 Å². The number of phenols is 1. The van der Waals surface area contributed by atoms with E-state index < -0.39 is 10.0 Å². The lowest BCUT2D eigenvalue weighted by Gasteiger charge is -2.06. The minimum absolute atomic E-state index is 0.0765. The van der Waals surface area contributed by atoms with Gasteiger partial charge in [-0.3, -0.25) is 0 Å². The zero-order chi connectivity index (χ0) is 14.6. The number of aromatic hydroxyl groups is 1. The Hall–Kier alpha value is -1.63. The smallest absolute Gasteiger partial charge is 0.242 e. The maximum absolute atomic E-state index is 12.0. The fourth-order valence-electron chi connectivity index (χ4n) is 1.60. The van der Waals surface area contributed by atoms with E-state index in [9.17, 15) is 8.42 Å². The van der Waals surface area contributed by atoms with Crippen LogP contribution in [-0.4, -0.2) is 25.1 Å². The summed E-state index contributed by atoms with van der Waals surface area (Å²) >= 11 is 5.61. The molecule has 0 fully saturated rings. The maximum atomic E-state index is 12.0. The number of nitrogens with zero attached hydrogens (tertiary/aromatic N) is 1. The van der Waals surface area contributed by atoms with Crippen molar-refractivity contribution in [1.29, 1.82) is 0 Å². The van der Waals surface area contributed by atoms with Crippen molar-refractivity contribution in [1.82, 2.24) is 9.71 Å². The number of halogens is 1. The molecule has 0 saturated heterocycles.